The van der Waals surface area contributed by atoms with Crippen LogP contribution in [0.2, 0.25) is 0 Å². The van der Waals surface area contributed by atoms with Crippen LogP contribution in [0.15, 0.2) is 41.9 Å². The Kier molecular flexibility index (Phi) is 4.63. The SMILES string of the molecule is CCN(C(=O)CN1C=CSCC1=O)c1ccccc1. The molecule has 0 fully saturated rings. The predicted octanol–water partition coefficient (Wildman–Crippen LogP) is 2.09. The molecule has 1 aliphatic heterocycles. The third-order valence-electron chi connectivity index (χ3n) is 2.85. The highest BCUT2D eigenvalue weighted by molar-refractivity contribution is 8.02. The Morgan fingerprint density at radius 3 is 2.74 bits per heavy atom. The number of anilines is 1. The first kappa shape index (κ1) is 13.7. The van der Waals surface area contributed by atoms with E-state index in [0.29, 0.717) is 12.3 Å². The second kappa shape index (κ2) is 6.43. The van der Waals surface area contributed by atoms with Crippen LogP contribution in [0.3, 0.4) is 0 Å². The lowest BCUT2D eigenvalue weighted by atomic mass is 10.2. The molecule has 0 saturated carbocycles. The Morgan fingerprint density at radius 2 is 2.11 bits per heavy atom. The van der Waals surface area contributed by atoms with Gasteiger partial charge in [-0.3, -0.25) is 9.59 Å². The van der Waals surface area contributed by atoms with Crippen molar-refractivity contribution in [2.75, 3.05) is 23.7 Å². The molecule has 0 unspecified atom stereocenters. The predicted molar refractivity (Wildman–Crippen MR) is 77.8 cm³/mol. The van der Waals surface area contributed by atoms with Crippen molar-refractivity contribution in [1.82, 2.24) is 4.90 Å². The first-order valence-corrected chi connectivity index (χ1v) is 7.20. The third kappa shape index (κ3) is 3.38. The molecule has 1 aliphatic rings. The minimum atomic E-state index is -0.0707. The van der Waals surface area contributed by atoms with Gasteiger partial charge in [0.1, 0.15) is 6.54 Å². The Bertz CT molecular complexity index is 487. The zero-order valence-corrected chi connectivity index (χ0v) is 11.6. The summed E-state index contributed by atoms with van der Waals surface area (Å²) in [5.74, 6) is 0.310. The minimum Gasteiger partial charge on any atom is -0.311 e. The van der Waals surface area contributed by atoms with E-state index in [9.17, 15) is 9.59 Å². The van der Waals surface area contributed by atoms with Gasteiger partial charge in [0.25, 0.3) is 0 Å². The first-order chi connectivity index (χ1) is 9.22. The van der Waals surface area contributed by atoms with Crippen molar-refractivity contribution >= 4 is 29.3 Å². The summed E-state index contributed by atoms with van der Waals surface area (Å²) in [4.78, 5) is 27.1. The molecule has 0 aliphatic carbocycles. The number of para-hydroxylation sites is 1. The lowest BCUT2D eigenvalue weighted by molar-refractivity contribution is -0.130. The lowest BCUT2D eigenvalue weighted by Gasteiger charge is -2.26. The van der Waals surface area contributed by atoms with Crippen LogP contribution in [0.5, 0.6) is 0 Å². The van der Waals surface area contributed by atoms with E-state index in [0.717, 1.165) is 5.69 Å². The number of thioether (sulfide) groups is 1. The molecule has 0 aromatic heterocycles. The highest BCUT2D eigenvalue weighted by atomic mass is 32.2. The van der Waals surface area contributed by atoms with Gasteiger partial charge in [0, 0.05) is 18.4 Å². The standard InChI is InChI=1S/C14H16N2O2S/c1-2-16(12-6-4-3-5-7-12)13(17)10-15-8-9-19-11-14(15)18/h3-9H,2,10-11H2,1H3. The van der Waals surface area contributed by atoms with E-state index in [-0.39, 0.29) is 18.4 Å². The largest absolute Gasteiger partial charge is 0.311 e. The normalized spacial score (nSPS) is 14.6. The molecule has 100 valence electrons. The highest BCUT2D eigenvalue weighted by Gasteiger charge is 2.21. The van der Waals surface area contributed by atoms with Crippen LogP contribution in [0.25, 0.3) is 0 Å². The molecule has 2 amide bonds. The molecule has 2 rings (SSSR count). The van der Waals surface area contributed by atoms with E-state index in [2.05, 4.69) is 0 Å². The van der Waals surface area contributed by atoms with Crippen LogP contribution >= 0.6 is 11.8 Å². The van der Waals surface area contributed by atoms with Crippen molar-refractivity contribution in [2.45, 2.75) is 6.92 Å². The molecular formula is C14H16N2O2S. The molecule has 1 aromatic rings. The summed E-state index contributed by atoms with van der Waals surface area (Å²) in [6, 6.07) is 9.49. The molecule has 0 N–H and O–H groups in total. The van der Waals surface area contributed by atoms with Crippen molar-refractivity contribution in [2.24, 2.45) is 0 Å². The summed E-state index contributed by atoms with van der Waals surface area (Å²) < 4.78 is 0. The quantitative estimate of drug-likeness (QED) is 0.845. The second-order valence-corrected chi connectivity index (χ2v) is 4.99. The number of hydrogen-bond donors (Lipinski definition) is 0. The molecule has 1 heterocycles. The number of benzene rings is 1. The fourth-order valence-electron chi connectivity index (χ4n) is 1.88. The zero-order valence-electron chi connectivity index (χ0n) is 10.8. The van der Waals surface area contributed by atoms with Gasteiger partial charge in [-0.25, -0.2) is 0 Å². The van der Waals surface area contributed by atoms with Gasteiger partial charge in [-0.1, -0.05) is 18.2 Å². The van der Waals surface area contributed by atoms with E-state index >= 15 is 0 Å². The summed E-state index contributed by atoms with van der Waals surface area (Å²) in [7, 11) is 0. The van der Waals surface area contributed by atoms with E-state index < -0.39 is 0 Å². The summed E-state index contributed by atoms with van der Waals surface area (Å²) in [5, 5.41) is 1.84. The van der Waals surface area contributed by atoms with Crippen LogP contribution in [0.1, 0.15) is 6.92 Å². The maximum Gasteiger partial charge on any atom is 0.247 e. The average molecular weight is 276 g/mol. The van der Waals surface area contributed by atoms with Gasteiger partial charge in [0.2, 0.25) is 11.8 Å². The number of nitrogens with zero attached hydrogens (tertiary/aromatic N) is 2. The Balaban J connectivity index is 2.07. The van der Waals surface area contributed by atoms with Gasteiger partial charge in [0.05, 0.1) is 5.75 Å². The van der Waals surface area contributed by atoms with Gasteiger partial charge in [0.15, 0.2) is 0 Å². The van der Waals surface area contributed by atoms with Crippen LogP contribution in [-0.2, 0) is 9.59 Å². The van der Waals surface area contributed by atoms with Gasteiger partial charge in [-0.05, 0) is 24.5 Å². The van der Waals surface area contributed by atoms with E-state index in [1.165, 1.54) is 16.7 Å². The van der Waals surface area contributed by atoms with Crippen molar-refractivity contribution in [3.8, 4) is 0 Å². The van der Waals surface area contributed by atoms with Crippen molar-refractivity contribution in [3.05, 3.63) is 41.9 Å². The summed E-state index contributed by atoms with van der Waals surface area (Å²) in [6.07, 6.45) is 1.67. The first-order valence-electron chi connectivity index (χ1n) is 6.15. The molecule has 0 spiro atoms. The van der Waals surface area contributed by atoms with Gasteiger partial charge in [-0.15, -0.1) is 11.8 Å². The second-order valence-electron chi connectivity index (χ2n) is 4.09. The van der Waals surface area contributed by atoms with Gasteiger partial charge in [-0.2, -0.15) is 0 Å². The summed E-state index contributed by atoms with van der Waals surface area (Å²) >= 11 is 1.45. The molecule has 0 saturated heterocycles. The molecule has 0 atom stereocenters. The maximum atomic E-state index is 12.3. The van der Waals surface area contributed by atoms with Gasteiger partial charge >= 0.3 is 0 Å². The van der Waals surface area contributed by atoms with Crippen LogP contribution in [-0.4, -0.2) is 35.6 Å². The van der Waals surface area contributed by atoms with Crippen LogP contribution in [0.4, 0.5) is 5.69 Å². The number of amides is 2. The van der Waals surface area contributed by atoms with Crippen molar-refractivity contribution < 1.29 is 9.59 Å². The smallest absolute Gasteiger partial charge is 0.247 e. The number of rotatable bonds is 4. The molecule has 4 nitrogen and oxygen atoms in total. The molecule has 0 bridgehead atoms. The summed E-state index contributed by atoms with van der Waals surface area (Å²) in [6.45, 7) is 2.61. The lowest BCUT2D eigenvalue weighted by Crippen LogP contribution is -2.42. The fraction of sp³-hybridized carbons (Fsp3) is 0.286. The zero-order chi connectivity index (χ0) is 13.7. The Hall–Kier alpha value is -1.75. The van der Waals surface area contributed by atoms with Gasteiger partial charge < -0.3 is 9.80 Å². The van der Waals surface area contributed by atoms with Crippen LogP contribution < -0.4 is 4.90 Å². The number of carbonyl (C=O) groups excluding carboxylic acids is 2. The Labute approximate surface area is 117 Å². The molecule has 1 aromatic carbocycles. The third-order valence-corrected chi connectivity index (χ3v) is 3.58. The maximum absolute atomic E-state index is 12.3. The number of hydrogen-bond acceptors (Lipinski definition) is 3. The molecule has 19 heavy (non-hydrogen) atoms. The van der Waals surface area contributed by atoms with Crippen LogP contribution in [0, 0.1) is 0 Å². The van der Waals surface area contributed by atoms with E-state index in [4.69, 9.17) is 0 Å². The fourth-order valence-corrected chi connectivity index (χ4v) is 2.52. The number of likely N-dealkylation sites (N-methyl/N-ethyl adjacent to an activating group) is 1. The minimum absolute atomic E-state index is 0.0232. The van der Waals surface area contributed by atoms with E-state index in [1.54, 1.807) is 11.1 Å². The highest BCUT2D eigenvalue weighted by Crippen LogP contribution is 2.16. The molecule has 0 radical (unpaired) electrons. The van der Waals surface area contributed by atoms with E-state index in [1.807, 2.05) is 42.7 Å². The average Bonchev–Trinajstić information content (AvgIpc) is 2.43. The molecular weight excluding hydrogens is 260 g/mol. The number of carbonyl (C=O) groups is 2. The van der Waals surface area contributed by atoms with Crippen molar-refractivity contribution in [1.29, 1.82) is 0 Å². The monoisotopic (exact) mass is 276 g/mol. The van der Waals surface area contributed by atoms with Crippen molar-refractivity contribution in [3.63, 3.8) is 0 Å². The topological polar surface area (TPSA) is 40.6 Å². The molecule has 5 heteroatoms. The Morgan fingerprint density at radius 1 is 1.37 bits per heavy atom. The summed E-state index contributed by atoms with van der Waals surface area (Å²) in [5.41, 5.74) is 0.859.